The third-order valence-corrected chi connectivity index (χ3v) is 3.41. The van der Waals surface area contributed by atoms with E-state index in [9.17, 15) is 14.9 Å². The molecule has 0 aliphatic rings. The second-order valence-electron chi connectivity index (χ2n) is 4.71. The fourth-order valence-electron chi connectivity index (χ4n) is 2.05. The summed E-state index contributed by atoms with van der Waals surface area (Å²) in [5.74, 6) is -0.556. The van der Waals surface area contributed by atoms with Crippen LogP contribution in [0.3, 0.4) is 0 Å². The summed E-state index contributed by atoms with van der Waals surface area (Å²) in [7, 11) is 1.31. The molecule has 2 rings (SSSR count). The molecule has 7 nitrogen and oxygen atoms in total. The first-order valence-corrected chi connectivity index (χ1v) is 7.05. The lowest BCUT2D eigenvalue weighted by Gasteiger charge is -2.14. The summed E-state index contributed by atoms with van der Waals surface area (Å²) in [5.41, 5.74) is 0.146. The van der Waals surface area contributed by atoms with Gasteiger partial charge in [-0.2, -0.15) is 0 Å². The van der Waals surface area contributed by atoms with E-state index in [1.807, 2.05) is 0 Å². The molecule has 1 aromatic carbocycles. The minimum absolute atomic E-state index is 0.0277. The van der Waals surface area contributed by atoms with Crippen molar-refractivity contribution in [2.45, 2.75) is 13.0 Å². The Morgan fingerprint density at radius 2 is 2.13 bits per heavy atom. The maximum absolute atomic E-state index is 12.4. The molecule has 0 saturated carbocycles. The van der Waals surface area contributed by atoms with Crippen molar-refractivity contribution in [3.05, 3.63) is 62.9 Å². The molecule has 1 amide bonds. The van der Waals surface area contributed by atoms with E-state index in [0.717, 1.165) is 0 Å². The number of methoxy groups -OCH3 is 1. The van der Waals surface area contributed by atoms with Gasteiger partial charge in [0.05, 0.1) is 28.8 Å². The summed E-state index contributed by atoms with van der Waals surface area (Å²) in [6.45, 7) is 1.72. The highest BCUT2D eigenvalue weighted by Gasteiger charge is 2.26. The van der Waals surface area contributed by atoms with E-state index in [1.165, 1.54) is 31.5 Å². The molecular weight excluding hydrogens is 322 g/mol. The Balaban J connectivity index is 2.27. The molecule has 0 aliphatic heterocycles. The molecule has 120 valence electrons. The maximum atomic E-state index is 12.4. The number of nitro groups is 1. The Morgan fingerprint density at radius 1 is 1.39 bits per heavy atom. The van der Waals surface area contributed by atoms with E-state index >= 15 is 0 Å². The number of para-hydroxylation sites is 1. The zero-order valence-corrected chi connectivity index (χ0v) is 13.2. The lowest BCUT2D eigenvalue weighted by molar-refractivity contribution is -0.386. The molecule has 2 aromatic rings. The summed E-state index contributed by atoms with van der Waals surface area (Å²) in [6.07, 6.45) is 1.47. The minimum atomic E-state index is -0.640. The number of rotatable bonds is 5. The van der Waals surface area contributed by atoms with Crippen LogP contribution in [-0.2, 0) is 0 Å². The molecule has 0 unspecified atom stereocenters. The number of amides is 1. The number of benzene rings is 1. The molecule has 0 bridgehead atoms. The third kappa shape index (κ3) is 3.75. The molecule has 0 fully saturated rings. The van der Waals surface area contributed by atoms with Crippen LogP contribution in [0.4, 0.5) is 5.69 Å². The normalized spacial score (nSPS) is 11.6. The van der Waals surface area contributed by atoms with Gasteiger partial charge in [-0.15, -0.1) is 0 Å². The average Bonchev–Trinajstić information content (AvgIpc) is 2.54. The van der Waals surface area contributed by atoms with Crippen LogP contribution in [0, 0.1) is 10.1 Å². The highest BCUT2D eigenvalue weighted by Crippen LogP contribution is 2.30. The summed E-state index contributed by atoms with van der Waals surface area (Å²) in [4.78, 5) is 27.1. The molecule has 8 heteroatoms. The lowest BCUT2D eigenvalue weighted by Crippen LogP contribution is -2.27. The van der Waals surface area contributed by atoms with Crippen molar-refractivity contribution in [2.24, 2.45) is 0 Å². The summed E-state index contributed by atoms with van der Waals surface area (Å²) < 4.78 is 4.95. The first-order valence-electron chi connectivity index (χ1n) is 6.67. The van der Waals surface area contributed by atoms with E-state index < -0.39 is 16.9 Å². The Morgan fingerprint density at radius 3 is 2.70 bits per heavy atom. The van der Waals surface area contributed by atoms with Crippen LogP contribution in [0.25, 0.3) is 0 Å². The Bertz CT molecular complexity index is 734. The van der Waals surface area contributed by atoms with Gasteiger partial charge in [-0.3, -0.25) is 19.9 Å². The van der Waals surface area contributed by atoms with Crippen LogP contribution in [-0.4, -0.2) is 22.9 Å². The van der Waals surface area contributed by atoms with Gasteiger partial charge in [-0.25, -0.2) is 0 Å². The quantitative estimate of drug-likeness (QED) is 0.669. The fraction of sp³-hybridized carbons (Fsp3) is 0.200. The van der Waals surface area contributed by atoms with Crippen LogP contribution in [0.2, 0.25) is 5.02 Å². The van der Waals surface area contributed by atoms with Gasteiger partial charge in [0.2, 0.25) is 0 Å². The molecular formula is C15H14ClN3O4. The molecule has 0 spiro atoms. The van der Waals surface area contributed by atoms with E-state index in [-0.39, 0.29) is 17.0 Å². The van der Waals surface area contributed by atoms with Gasteiger partial charge in [0.1, 0.15) is 5.56 Å². The lowest BCUT2D eigenvalue weighted by atomic mass is 10.1. The van der Waals surface area contributed by atoms with Gasteiger partial charge >= 0.3 is 5.69 Å². The summed E-state index contributed by atoms with van der Waals surface area (Å²) in [5, 5.41) is 14.4. The van der Waals surface area contributed by atoms with Gasteiger partial charge in [-0.1, -0.05) is 17.7 Å². The largest absolute Gasteiger partial charge is 0.490 e. The number of aromatic nitrogens is 1. The van der Waals surface area contributed by atoms with Gasteiger partial charge in [0.15, 0.2) is 5.75 Å². The zero-order chi connectivity index (χ0) is 17.0. The predicted octanol–water partition coefficient (Wildman–Crippen LogP) is 3.14. The highest BCUT2D eigenvalue weighted by atomic mass is 35.5. The maximum Gasteiger partial charge on any atom is 0.323 e. The zero-order valence-electron chi connectivity index (χ0n) is 12.4. The standard InChI is InChI=1S/C15H14ClN3O4/c1-9(12-7-6-10(16)8-17-12)18-15(20)11-4-3-5-13(23-2)14(11)19(21)22/h3-9H,1-2H3,(H,18,20)/t9-/m0/s1. The number of hydrogen-bond donors (Lipinski definition) is 1. The van der Waals surface area contributed by atoms with Crippen LogP contribution in [0.1, 0.15) is 29.0 Å². The molecule has 0 saturated heterocycles. The van der Waals surface area contributed by atoms with Crippen LogP contribution >= 0.6 is 11.6 Å². The Labute approximate surface area is 137 Å². The Kier molecular flexibility index (Phi) is 5.13. The third-order valence-electron chi connectivity index (χ3n) is 3.19. The van der Waals surface area contributed by atoms with E-state index in [0.29, 0.717) is 10.7 Å². The van der Waals surface area contributed by atoms with Crippen molar-refractivity contribution >= 4 is 23.2 Å². The topological polar surface area (TPSA) is 94.4 Å². The summed E-state index contributed by atoms with van der Waals surface area (Å²) >= 11 is 5.77. The van der Waals surface area contributed by atoms with Crippen LogP contribution in [0.15, 0.2) is 36.5 Å². The fourth-order valence-corrected chi connectivity index (χ4v) is 2.16. The predicted molar refractivity (Wildman–Crippen MR) is 84.8 cm³/mol. The Hall–Kier alpha value is -2.67. The second kappa shape index (κ2) is 7.06. The van der Waals surface area contributed by atoms with Gasteiger partial charge in [0.25, 0.3) is 5.91 Å². The number of carbonyl (C=O) groups excluding carboxylic acids is 1. The van der Waals surface area contributed by atoms with Crippen molar-refractivity contribution in [3.8, 4) is 5.75 Å². The average molecular weight is 336 g/mol. The molecule has 1 N–H and O–H groups in total. The number of ether oxygens (including phenoxy) is 1. The van der Waals surface area contributed by atoms with Crippen LogP contribution in [0.5, 0.6) is 5.75 Å². The van der Waals surface area contributed by atoms with E-state index in [1.54, 1.807) is 19.1 Å². The van der Waals surface area contributed by atoms with Crippen molar-refractivity contribution in [3.63, 3.8) is 0 Å². The molecule has 23 heavy (non-hydrogen) atoms. The molecule has 0 radical (unpaired) electrons. The SMILES string of the molecule is COc1cccc(C(=O)N[C@@H](C)c2ccc(Cl)cn2)c1[N+](=O)[O-]. The molecule has 1 heterocycles. The molecule has 0 aliphatic carbocycles. The monoisotopic (exact) mass is 335 g/mol. The van der Waals surface area contributed by atoms with Crippen molar-refractivity contribution < 1.29 is 14.5 Å². The number of carbonyl (C=O) groups is 1. The van der Waals surface area contributed by atoms with E-state index in [4.69, 9.17) is 16.3 Å². The number of halogens is 1. The van der Waals surface area contributed by atoms with Gasteiger partial charge in [0, 0.05) is 6.20 Å². The number of hydrogen-bond acceptors (Lipinski definition) is 5. The number of nitro benzene ring substituents is 1. The molecule has 1 atom stereocenters. The number of nitrogens with zero attached hydrogens (tertiary/aromatic N) is 2. The van der Waals surface area contributed by atoms with Crippen molar-refractivity contribution in [1.29, 1.82) is 0 Å². The smallest absolute Gasteiger partial charge is 0.323 e. The van der Waals surface area contributed by atoms with Crippen LogP contribution < -0.4 is 10.1 Å². The molecule has 1 aromatic heterocycles. The number of pyridine rings is 1. The summed E-state index contributed by atoms with van der Waals surface area (Å²) in [6, 6.07) is 7.21. The van der Waals surface area contributed by atoms with Crippen molar-refractivity contribution in [2.75, 3.05) is 7.11 Å². The van der Waals surface area contributed by atoms with Crippen molar-refractivity contribution in [1.82, 2.24) is 10.3 Å². The number of nitrogens with one attached hydrogen (secondary N) is 1. The first kappa shape index (κ1) is 16.7. The minimum Gasteiger partial charge on any atom is -0.490 e. The van der Waals surface area contributed by atoms with Gasteiger partial charge < -0.3 is 10.1 Å². The second-order valence-corrected chi connectivity index (χ2v) is 5.15. The van der Waals surface area contributed by atoms with E-state index in [2.05, 4.69) is 10.3 Å². The highest BCUT2D eigenvalue weighted by molar-refractivity contribution is 6.30. The van der Waals surface area contributed by atoms with Gasteiger partial charge in [-0.05, 0) is 31.2 Å². The first-order chi connectivity index (χ1) is 10.9.